The SMILES string of the molecule is CN1C(=O)C2(CCN(C(=O)c3cccnc3)CC2)c2cc(F)ccc21.Cl. The predicted molar refractivity (Wildman–Crippen MR) is 98.1 cm³/mol. The highest BCUT2D eigenvalue weighted by atomic mass is 35.5. The molecule has 2 aliphatic rings. The number of pyridine rings is 1. The average molecular weight is 376 g/mol. The molecule has 3 heterocycles. The molecule has 1 spiro atoms. The molecule has 1 aromatic heterocycles. The van der Waals surface area contributed by atoms with E-state index in [-0.39, 0.29) is 30.0 Å². The lowest BCUT2D eigenvalue weighted by Gasteiger charge is -2.38. The molecule has 1 fully saturated rings. The van der Waals surface area contributed by atoms with Crippen molar-refractivity contribution in [3.63, 3.8) is 0 Å². The maximum atomic E-state index is 13.8. The molecule has 0 radical (unpaired) electrons. The van der Waals surface area contributed by atoms with Gasteiger partial charge in [0.05, 0.1) is 11.0 Å². The summed E-state index contributed by atoms with van der Waals surface area (Å²) in [7, 11) is 1.72. The van der Waals surface area contributed by atoms with Gasteiger partial charge < -0.3 is 9.80 Å². The summed E-state index contributed by atoms with van der Waals surface area (Å²) in [5.74, 6) is -0.433. The van der Waals surface area contributed by atoms with Crippen molar-refractivity contribution in [2.45, 2.75) is 18.3 Å². The highest BCUT2D eigenvalue weighted by Gasteiger charge is 2.51. The number of amides is 2. The van der Waals surface area contributed by atoms with E-state index in [4.69, 9.17) is 0 Å². The van der Waals surface area contributed by atoms with Crippen LogP contribution in [0.15, 0.2) is 42.7 Å². The van der Waals surface area contributed by atoms with Crippen molar-refractivity contribution < 1.29 is 14.0 Å². The minimum Gasteiger partial charge on any atom is -0.339 e. The lowest BCUT2D eigenvalue weighted by atomic mass is 9.73. The van der Waals surface area contributed by atoms with Crippen LogP contribution in [0.2, 0.25) is 0 Å². The molecule has 0 saturated carbocycles. The number of hydrogen-bond acceptors (Lipinski definition) is 3. The summed E-state index contributed by atoms with van der Waals surface area (Å²) in [6, 6.07) is 7.97. The lowest BCUT2D eigenvalue weighted by Crippen LogP contribution is -2.49. The number of likely N-dealkylation sites (N-methyl/N-ethyl adjacent to an activating group) is 1. The molecular weight excluding hydrogens is 357 g/mol. The fraction of sp³-hybridized carbons (Fsp3) is 0.316. The molecule has 0 atom stereocenters. The van der Waals surface area contributed by atoms with Crippen molar-refractivity contribution in [3.05, 3.63) is 59.7 Å². The normalized spacial score (nSPS) is 17.8. The number of halogens is 2. The van der Waals surface area contributed by atoms with Crippen LogP contribution in [0, 0.1) is 5.82 Å². The van der Waals surface area contributed by atoms with Crippen LogP contribution in [0.1, 0.15) is 28.8 Å². The van der Waals surface area contributed by atoms with Crippen LogP contribution in [-0.2, 0) is 10.2 Å². The van der Waals surface area contributed by atoms with Gasteiger partial charge in [-0.05, 0) is 48.7 Å². The number of fused-ring (bicyclic) bond motifs is 2. The van der Waals surface area contributed by atoms with Crippen LogP contribution in [0.5, 0.6) is 0 Å². The van der Waals surface area contributed by atoms with Crippen molar-refractivity contribution in [1.29, 1.82) is 0 Å². The smallest absolute Gasteiger partial charge is 0.255 e. The third kappa shape index (κ3) is 2.65. The van der Waals surface area contributed by atoms with E-state index in [1.54, 1.807) is 47.4 Å². The number of rotatable bonds is 1. The van der Waals surface area contributed by atoms with E-state index in [0.29, 0.717) is 31.5 Å². The molecule has 7 heteroatoms. The van der Waals surface area contributed by atoms with Crippen LogP contribution in [0.3, 0.4) is 0 Å². The zero-order chi connectivity index (χ0) is 17.6. The van der Waals surface area contributed by atoms with Crippen LogP contribution >= 0.6 is 12.4 Å². The van der Waals surface area contributed by atoms with Crippen molar-refractivity contribution in [2.24, 2.45) is 0 Å². The third-order valence-corrected chi connectivity index (χ3v) is 5.36. The van der Waals surface area contributed by atoms with E-state index in [9.17, 15) is 14.0 Å². The topological polar surface area (TPSA) is 53.5 Å². The molecule has 2 aliphatic heterocycles. The van der Waals surface area contributed by atoms with Gasteiger partial charge in [-0.3, -0.25) is 14.6 Å². The second kappa shape index (κ2) is 6.68. The largest absolute Gasteiger partial charge is 0.339 e. The number of benzene rings is 1. The van der Waals surface area contributed by atoms with Crippen molar-refractivity contribution >= 4 is 29.9 Å². The molecule has 2 aromatic rings. The molecule has 0 aliphatic carbocycles. The van der Waals surface area contributed by atoms with Gasteiger partial charge in [0.2, 0.25) is 5.91 Å². The van der Waals surface area contributed by atoms with E-state index < -0.39 is 5.41 Å². The Balaban J connectivity index is 0.00000196. The molecule has 4 rings (SSSR count). The van der Waals surface area contributed by atoms with Crippen molar-refractivity contribution in [1.82, 2.24) is 9.88 Å². The summed E-state index contributed by atoms with van der Waals surface area (Å²) in [4.78, 5) is 32.8. The molecule has 0 N–H and O–H groups in total. The first kappa shape index (κ1) is 18.3. The number of carbonyl (C=O) groups is 2. The Labute approximate surface area is 157 Å². The Hall–Kier alpha value is -2.47. The van der Waals surface area contributed by atoms with Gasteiger partial charge in [0.25, 0.3) is 5.91 Å². The molecule has 1 aromatic carbocycles. The van der Waals surface area contributed by atoms with Gasteiger partial charge in [-0.2, -0.15) is 0 Å². The molecule has 0 bridgehead atoms. The number of aromatic nitrogens is 1. The quantitative estimate of drug-likeness (QED) is 0.770. The molecule has 5 nitrogen and oxygen atoms in total. The highest BCUT2D eigenvalue weighted by molar-refractivity contribution is 6.08. The van der Waals surface area contributed by atoms with E-state index >= 15 is 0 Å². The molecule has 0 unspecified atom stereocenters. The Morgan fingerprint density at radius 2 is 1.96 bits per heavy atom. The van der Waals surface area contributed by atoms with Gasteiger partial charge in [0.15, 0.2) is 0 Å². The summed E-state index contributed by atoms with van der Waals surface area (Å²) >= 11 is 0. The first-order chi connectivity index (χ1) is 12.0. The van der Waals surface area contributed by atoms with Crippen LogP contribution in [0.25, 0.3) is 0 Å². The fourth-order valence-corrected chi connectivity index (χ4v) is 3.98. The Morgan fingerprint density at radius 3 is 2.62 bits per heavy atom. The zero-order valence-electron chi connectivity index (χ0n) is 14.3. The van der Waals surface area contributed by atoms with Crippen LogP contribution < -0.4 is 4.90 Å². The van der Waals surface area contributed by atoms with Gasteiger partial charge in [-0.15, -0.1) is 12.4 Å². The number of piperidine rings is 1. The summed E-state index contributed by atoms with van der Waals surface area (Å²) in [5, 5.41) is 0. The molecule has 26 heavy (non-hydrogen) atoms. The van der Waals surface area contributed by atoms with E-state index in [2.05, 4.69) is 4.98 Å². The summed E-state index contributed by atoms with van der Waals surface area (Å²) in [6.07, 6.45) is 4.17. The first-order valence-corrected chi connectivity index (χ1v) is 8.30. The molecule has 2 amide bonds. The molecule has 136 valence electrons. The number of anilines is 1. The number of nitrogens with zero attached hydrogens (tertiary/aromatic N) is 3. The highest BCUT2D eigenvalue weighted by Crippen LogP contribution is 2.47. The fourth-order valence-electron chi connectivity index (χ4n) is 3.98. The van der Waals surface area contributed by atoms with Gasteiger partial charge in [0, 0.05) is 38.2 Å². The minimum atomic E-state index is -0.724. The van der Waals surface area contributed by atoms with Gasteiger partial charge >= 0.3 is 0 Å². The van der Waals surface area contributed by atoms with Crippen molar-refractivity contribution in [2.75, 3.05) is 25.0 Å². The zero-order valence-corrected chi connectivity index (χ0v) is 15.1. The second-order valence-corrected chi connectivity index (χ2v) is 6.64. The van der Waals surface area contributed by atoms with Crippen molar-refractivity contribution in [3.8, 4) is 0 Å². The van der Waals surface area contributed by atoms with Crippen LogP contribution in [-0.4, -0.2) is 41.8 Å². The van der Waals surface area contributed by atoms with E-state index in [0.717, 1.165) is 11.3 Å². The standard InChI is InChI=1S/C19H18FN3O2.ClH/c1-22-16-5-4-14(20)11-15(16)19(18(22)25)6-9-23(10-7-19)17(24)13-3-2-8-21-12-13;/h2-5,8,11-12H,6-7,9-10H2,1H3;1H. The average Bonchev–Trinajstić information content (AvgIpc) is 2.84. The van der Waals surface area contributed by atoms with Gasteiger partial charge in [-0.1, -0.05) is 0 Å². The third-order valence-electron chi connectivity index (χ3n) is 5.36. The minimum absolute atomic E-state index is 0. The molecular formula is C19H19ClFN3O2. The summed E-state index contributed by atoms with van der Waals surface area (Å²) in [5.41, 5.74) is 1.32. The Bertz CT molecular complexity index is 851. The second-order valence-electron chi connectivity index (χ2n) is 6.64. The maximum Gasteiger partial charge on any atom is 0.255 e. The monoisotopic (exact) mass is 375 g/mol. The first-order valence-electron chi connectivity index (χ1n) is 8.30. The van der Waals surface area contributed by atoms with Gasteiger partial charge in [0.1, 0.15) is 5.82 Å². The Morgan fingerprint density at radius 1 is 1.23 bits per heavy atom. The maximum absolute atomic E-state index is 13.8. The number of likely N-dealkylation sites (tertiary alicyclic amines) is 1. The Kier molecular flexibility index (Phi) is 4.71. The van der Waals surface area contributed by atoms with E-state index in [1.807, 2.05) is 0 Å². The molecule has 1 saturated heterocycles. The van der Waals surface area contributed by atoms with E-state index in [1.165, 1.54) is 12.1 Å². The lowest BCUT2D eigenvalue weighted by molar-refractivity contribution is -0.124. The van der Waals surface area contributed by atoms with Gasteiger partial charge in [-0.25, -0.2) is 4.39 Å². The predicted octanol–water partition coefficient (Wildman–Crippen LogP) is 2.79. The van der Waals surface area contributed by atoms with Crippen LogP contribution in [0.4, 0.5) is 10.1 Å². The number of hydrogen-bond donors (Lipinski definition) is 0. The summed E-state index contributed by atoms with van der Waals surface area (Å²) < 4.78 is 13.8. The number of carbonyl (C=O) groups excluding carboxylic acids is 2. The summed E-state index contributed by atoms with van der Waals surface area (Å²) in [6.45, 7) is 0.923.